The number of rotatable bonds is 4. The third-order valence-electron chi connectivity index (χ3n) is 4.61. The maximum atomic E-state index is 13.1. The Bertz CT molecular complexity index is 713. The molecule has 2 heterocycles. The molecular weight excluding hydrogens is 333 g/mol. The van der Waals surface area contributed by atoms with Crippen molar-refractivity contribution in [2.45, 2.75) is 31.9 Å². The number of halogens is 3. The number of hydrogen-bond acceptors (Lipinski definition) is 3. The fourth-order valence-electron chi connectivity index (χ4n) is 3.34. The summed E-state index contributed by atoms with van der Waals surface area (Å²) in [4.78, 5) is 14.0. The zero-order valence-corrected chi connectivity index (χ0v) is 13.6. The molecule has 25 heavy (non-hydrogen) atoms. The van der Waals surface area contributed by atoms with Gasteiger partial charge in [0.1, 0.15) is 6.26 Å². The van der Waals surface area contributed by atoms with Crippen molar-refractivity contribution >= 4 is 5.91 Å². The molecule has 0 N–H and O–H groups in total. The molecule has 0 bridgehead atoms. The van der Waals surface area contributed by atoms with E-state index in [9.17, 15) is 18.0 Å². The first-order valence-electron chi connectivity index (χ1n) is 8.30. The average Bonchev–Trinajstić information content (AvgIpc) is 3.13. The molecular formula is C18H19F3N2O2. The van der Waals surface area contributed by atoms with Gasteiger partial charge < -0.3 is 9.42 Å². The molecule has 0 aliphatic carbocycles. The summed E-state index contributed by atoms with van der Waals surface area (Å²) >= 11 is 0. The third kappa shape index (κ3) is 4.21. The van der Waals surface area contributed by atoms with Crippen molar-refractivity contribution in [2.75, 3.05) is 13.1 Å². The summed E-state index contributed by atoms with van der Waals surface area (Å²) in [5, 5.41) is 3.66. The van der Waals surface area contributed by atoms with Crippen LogP contribution in [-0.2, 0) is 12.6 Å². The van der Waals surface area contributed by atoms with Gasteiger partial charge in [-0.1, -0.05) is 23.4 Å². The van der Waals surface area contributed by atoms with E-state index in [1.165, 1.54) is 24.5 Å². The van der Waals surface area contributed by atoms with Crippen molar-refractivity contribution in [3.8, 4) is 0 Å². The molecule has 7 heteroatoms. The molecule has 1 amide bonds. The first kappa shape index (κ1) is 17.5. The monoisotopic (exact) mass is 352 g/mol. The maximum Gasteiger partial charge on any atom is 0.416 e. The molecule has 0 unspecified atom stereocenters. The van der Waals surface area contributed by atoms with Crippen molar-refractivity contribution in [1.82, 2.24) is 10.1 Å². The molecule has 134 valence electrons. The van der Waals surface area contributed by atoms with Gasteiger partial charge in [0.25, 0.3) is 5.91 Å². The molecule has 1 aromatic heterocycles. The lowest BCUT2D eigenvalue weighted by molar-refractivity contribution is -0.138. The number of carbonyl (C=O) groups is 1. The Morgan fingerprint density at radius 1 is 1.28 bits per heavy atom. The summed E-state index contributed by atoms with van der Waals surface area (Å²) in [6.07, 6.45) is -0.255. The van der Waals surface area contributed by atoms with Gasteiger partial charge in [0.15, 0.2) is 5.69 Å². The van der Waals surface area contributed by atoms with Crippen LogP contribution in [0.4, 0.5) is 13.2 Å². The summed E-state index contributed by atoms with van der Waals surface area (Å²) in [5.41, 5.74) is 0.0133. The minimum Gasteiger partial charge on any atom is -0.364 e. The Morgan fingerprint density at radius 3 is 2.80 bits per heavy atom. The number of amides is 1. The normalized spacial score (nSPS) is 18.4. The van der Waals surface area contributed by atoms with E-state index >= 15 is 0 Å². The topological polar surface area (TPSA) is 46.3 Å². The second-order valence-corrected chi connectivity index (χ2v) is 6.34. The van der Waals surface area contributed by atoms with Crippen LogP contribution in [0.3, 0.4) is 0 Å². The van der Waals surface area contributed by atoms with Crippen LogP contribution >= 0.6 is 0 Å². The van der Waals surface area contributed by atoms with Crippen LogP contribution in [0.25, 0.3) is 0 Å². The standard InChI is InChI=1S/C18H19F3N2O2/c19-18(20,21)15-6-2-1-5-14(15)8-7-13-4-3-10-23(12-13)17(24)16-9-11-25-22-16/h1-2,5-6,9,11,13H,3-4,7-8,10,12H2/t13-/m0/s1. The predicted molar refractivity (Wildman–Crippen MR) is 84.9 cm³/mol. The minimum absolute atomic E-state index is 0.186. The molecule has 1 fully saturated rings. The smallest absolute Gasteiger partial charge is 0.364 e. The quantitative estimate of drug-likeness (QED) is 0.829. The first-order chi connectivity index (χ1) is 11.9. The van der Waals surface area contributed by atoms with Crippen LogP contribution in [0.1, 0.15) is 40.9 Å². The molecule has 1 aromatic carbocycles. The highest BCUT2D eigenvalue weighted by atomic mass is 19.4. The molecule has 2 aromatic rings. The highest BCUT2D eigenvalue weighted by Gasteiger charge is 2.33. The van der Waals surface area contributed by atoms with E-state index in [-0.39, 0.29) is 17.5 Å². The van der Waals surface area contributed by atoms with Crippen LogP contribution < -0.4 is 0 Å². The van der Waals surface area contributed by atoms with Gasteiger partial charge in [-0.15, -0.1) is 0 Å². The summed E-state index contributed by atoms with van der Waals surface area (Å²) in [5.74, 6) is 0.0000301. The number of likely N-dealkylation sites (tertiary alicyclic amines) is 1. The predicted octanol–water partition coefficient (Wildman–Crippen LogP) is 4.18. The Hall–Kier alpha value is -2.31. The van der Waals surface area contributed by atoms with Crippen molar-refractivity contribution in [1.29, 1.82) is 0 Å². The number of benzene rings is 1. The summed E-state index contributed by atoms with van der Waals surface area (Å²) in [7, 11) is 0. The number of aromatic nitrogens is 1. The van der Waals surface area contributed by atoms with Gasteiger partial charge in [-0.3, -0.25) is 4.79 Å². The van der Waals surface area contributed by atoms with Gasteiger partial charge in [0.2, 0.25) is 0 Å². The molecule has 0 saturated carbocycles. The fourth-order valence-corrected chi connectivity index (χ4v) is 3.34. The molecule has 4 nitrogen and oxygen atoms in total. The lowest BCUT2D eigenvalue weighted by atomic mass is 9.90. The summed E-state index contributed by atoms with van der Waals surface area (Å²) in [6.45, 7) is 1.18. The Morgan fingerprint density at radius 2 is 2.08 bits per heavy atom. The van der Waals surface area contributed by atoms with Gasteiger partial charge >= 0.3 is 6.18 Å². The third-order valence-corrected chi connectivity index (χ3v) is 4.61. The van der Waals surface area contributed by atoms with E-state index in [2.05, 4.69) is 5.16 Å². The van der Waals surface area contributed by atoms with Crippen LogP contribution in [0.2, 0.25) is 0 Å². The van der Waals surface area contributed by atoms with E-state index < -0.39 is 11.7 Å². The fraction of sp³-hybridized carbons (Fsp3) is 0.444. The Labute approximate surface area is 143 Å². The molecule has 0 spiro atoms. The molecule has 1 aliphatic heterocycles. The van der Waals surface area contributed by atoms with E-state index in [1.54, 1.807) is 11.0 Å². The highest BCUT2D eigenvalue weighted by Crippen LogP contribution is 2.33. The van der Waals surface area contributed by atoms with E-state index in [4.69, 9.17) is 4.52 Å². The Balaban J connectivity index is 1.62. The largest absolute Gasteiger partial charge is 0.416 e. The van der Waals surface area contributed by atoms with E-state index in [0.717, 1.165) is 18.9 Å². The second-order valence-electron chi connectivity index (χ2n) is 6.34. The van der Waals surface area contributed by atoms with Crippen LogP contribution in [0, 0.1) is 5.92 Å². The molecule has 1 saturated heterocycles. The van der Waals surface area contributed by atoms with Gasteiger partial charge in [-0.25, -0.2) is 0 Å². The van der Waals surface area contributed by atoms with Gasteiger partial charge in [0.05, 0.1) is 5.56 Å². The van der Waals surface area contributed by atoms with Crippen LogP contribution in [0.15, 0.2) is 41.1 Å². The van der Waals surface area contributed by atoms with Gasteiger partial charge in [-0.2, -0.15) is 13.2 Å². The molecule has 1 atom stereocenters. The van der Waals surface area contributed by atoms with Gasteiger partial charge in [-0.05, 0) is 43.2 Å². The molecule has 3 rings (SSSR count). The number of alkyl halides is 3. The number of nitrogens with zero attached hydrogens (tertiary/aromatic N) is 2. The number of hydrogen-bond donors (Lipinski definition) is 0. The summed E-state index contributed by atoms with van der Waals surface area (Å²) in [6, 6.07) is 7.21. The average molecular weight is 352 g/mol. The summed E-state index contributed by atoms with van der Waals surface area (Å²) < 4.78 is 43.9. The highest BCUT2D eigenvalue weighted by molar-refractivity contribution is 5.92. The van der Waals surface area contributed by atoms with Gasteiger partial charge in [0, 0.05) is 19.2 Å². The van der Waals surface area contributed by atoms with Crippen LogP contribution in [-0.4, -0.2) is 29.1 Å². The minimum atomic E-state index is -4.34. The van der Waals surface area contributed by atoms with Crippen molar-refractivity contribution in [3.63, 3.8) is 0 Å². The lowest BCUT2D eigenvalue weighted by Gasteiger charge is -2.32. The zero-order valence-electron chi connectivity index (χ0n) is 13.6. The first-order valence-corrected chi connectivity index (χ1v) is 8.30. The van der Waals surface area contributed by atoms with Crippen molar-refractivity contribution < 1.29 is 22.5 Å². The SMILES string of the molecule is O=C(c1ccon1)N1CCC[C@@H](CCc2ccccc2C(F)(F)F)C1. The molecule has 1 aliphatic rings. The molecule has 0 radical (unpaired) electrons. The van der Waals surface area contributed by atoms with Crippen molar-refractivity contribution in [2.24, 2.45) is 5.92 Å². The maximum absolute atomic E-state index is 13.1. The van der Waals surface area contributed by atoms with E-state index in [1.807, 2.05) is 0 Å². The lowest BCUT2D eigenvalue weighted by Crippen LogP contribution is -2.40. The zero-order chi connectivity index (χ0) is 17.9. The number of piperidine rings is 1. The van der Waals surface area contributed by atoms with Crippen LogP contribution in [0.5, 0.6) is 0 Å². The second kappa shape index (κ2) is 7.29. The van der Waals surface area contributed by atoms with E-state index in [0.29, 0.717) is 31.5 Å². The Kier molecular flexibility index (Phi) is 5.11. The number of aryl methyl sites for hydroxylation is 1. The number of carbonyl (C=O) groups excluding carboxylic acids is 1. The van der Waals surface area contributed by atoms with Crippen molar-refractivity contribution in [3.05, 3.63) is 53.4 Å².